The fourth-order valence-electron chi connectivity index (χ4n) is 1.36. The molecule has 0 aliphatic carbocycles. The molecule has 0 amide bonds. The molecular weight excluding hydrogens is 292 g/mol. The lowest BCUT2D eigenvalue weighted by Gasteiger charge is -2.06. The Balaban J connectivity index is 2.62. The second-order valence-corrected chi connectivity index (χ2v) is 4.18. The molecule has 1 aromatic carbocycles. The molecule has 6 heteroatoms. The van der Waals surface area contributed by atoms with E-state index in [1.54, 1.807) is 7.05 Å². The molecule has 0 fully saturated rings. The zero-order valence-electron chi connectivity index (χ0n) is 8.84. The maximum absolute atomic E-state index is 13.6. The highest BCUT2D eigenvalue weighted by Gasteiger charge is 2.13. The summed E-state index contributed by atoms with van der Waals surface area (Å²) in [5.41, 5.74) is 0.0268. The number of anilines is 1. The molecule has 0 aliphatic rings. The number of aromatic nitrogens is 2. The predicted molar refractivity (Wildman–Crippen MR) is 64.6 cm³/mol. The molecule has 0 saturated carbocycles. The van der Waals surface area contributed by atoms with Crippen LogP contribution < -0.4 is 5.32 Å². The van der Waals surface area contributed by atoms with Crippen LogP contribution in [0.4, 0.5) is 14.7 Å². The second-order valence-electron chi connectivity index (χ2n) is 3.26. The molecule has 0 atom stereocenters. The first kappa shape index (κ1) is 11.9. The number of hydrogen-bond acceptors (Lipinski definition) is 3. The van der Waals surface area contributed by atoms with E-state index in [4.69, 9.17) is 0 Å². The van der Waals surface area contributed by atoms with Crippen molar-refractivity contribution in [3.8, 4) is 11.3 Å². The SMILES string of the molecule is CNc1ncc(F)c(-c2cc(Br)ccc2F)n1. The smallest absolute Gasteiger partial charge is 0.223 e. The molecule has 1 aromatic heterocycles. The molecule has 1 N–H and O–H groups in total. The Morgan fingerprint density at radius 1 is 1.24 bits per heavy atom. The van der Waals surface area contributed by atoms with Crippen molar-refractivity contribution in [1.29, 1.82) is 0 Å². The van der Waals surface area contributed by atoms with Crippen LogP contribution in [0.3, 0.4) is 0 Å². The molecule has 88 valence electrons. The first-order chi connectivity index (χ1) is 8.11. The molecule has 1 heterocycles. The van der Waals surface area contributed by atoms with E-state index in [2.05, 4.69) is 31.2 Å². The molecule has 0 bridgehead atoms. The van der Waals surface area contributed by atoms with Gasteiger partial charge < -0.3 is 5.32 Å². The van der Waals surface area contributed by atoms with Gasteiger partial charge in [0.15, 0.2) is 5.82 Å². The standard InChI is InChI=1S/C11H8BrF2N3/c1-15-11-16-5-9(14)10(17-11)7-4-6(12)2-3-8(7)13/h2-5H,1H3,(H,15,16,17). The van der Waals surface area contributed by atoms with E-state index in [0.29, 0.717) is 4.47 Å². The maximum atomic E-state index is 13.6. The van der Waals surface area contributed by atoms with Crippen LogP contribution in [0.15, 0.2) is 28.9 Å². The van der Waals surface area contributed by atoms with Crippen molar-refractivity contribution in [3.63, 3.8) is 0 Å². The van der Waals surface area contributed by atoms with Gasteiger partial charge in [0, 0.05) is 17.1 Å². The van der Waals surface area contributed by atoms with Gasteiger partial charge in [-0.3, -0.25) is 0 Å². The summed E-state index contributed by atoms with van der Waals surface area (Å²) in [5, 5.41) is 2.68. The fraction of sp³-hybridized carbons (Fsp3) is 0.0909. The molecule has 0 unspecified atom stereocenters. The number of halogens is 3. The molecule has 2 aromatic rings. The van der Waals surface area contributed by atoms with Crippen LogP contribution in [0, 0.1) is 11.6 Å². The van der Waals surface area contributed by atoms with Gasteiger partial charge in [-0.1, -0.05) is 15.9 Å². The highest BCUT2D eigenvalue weighted by molar-refractivity contribution is 9.10. The summed E-state index contributed by atoms with van der Waals surface area (Å²) < 4.78 is 27.8. The van der Waals surface area contributed by atoms with Crippen LogP contribution in [0.1, 0.15) is 0 Å². The van der Waals surface area contributed by atoms with Crippen LogP contribution in [0.25, 0.3) is 11.3 Å². The van der Waals surface area contributed by atoms with Crippen LogP contribution in [0.5, 0.6) is 0 Å². The van der Waals surface area contributed by atoms with E-state index in [1.165, 1.54) is 18.2 Å². The van der Waals surface area contributed by atoms with Crippen LogP contribution >= 0.6 is 15.9 Å². The average Bonchev–Trinajstić information content (AvgIpc) is 2.33. The van der Waals surface area contributed by atoms with Gasteiger partial charge >= 0.3 is 0 Å². The number of nitrogens with one attached hydrogen (secondary N) is 1. The lowest BCUT2D eigenvalue weighted by atomic mass is 10.1. The third kappa shape index (κ3) is 2.41. The molecule has 0 aliphatic heterocycles. The zero-order chi connectivity index (χ0) is 12.4. The quantitative estimate of drug-likeness (QED) is 0.925. The Labute approximate surface area is 105 Å². The Hall–Kier alpha value is -1.56. The van der Waals surface area contributed by atoms with Gasteiger partial charge in [0.1, 0.15) is 11.5 Å². The second kappa shape index (κ2) is 4.75. The topological polar surface area (TPSA) is 37.8 Å². The normalized spacial score (nSPS) is 10.4. The van der Waals surface area contributed by atoms with Gasteiger partial charge in [-0.25, -0.2) is 18.7 Å². The van der Waals surface area contributed by atoms with E-state index in [9.17, 15) is 8.78 Å². The van der Waals surface area contributed by atoms with Crippen molar-refractivity contribution < 1.29 is 8.78 Å². The number of rotatable bonds is 2. The van der Waals surface area contributed by atoms with E-state index in [1.807, 2.05) is 0 Å². The Morgan fingerprint density at radius 3 is 2.71 bits per heavy atom. The van der Waals surface area contributed by atoms with Crippen molar-refractivity contribution >= 4 is 21.9 Å². The summed E-state index contributed by atoms with van der Waals surface area (Å²) in [5.74, 6) is -0.963. The summed E-state index contributed by atoms with van der Waals surface area (Å²) >= 11 is 3.21. The third-order valence-electron chi connectivity index (χ3n) is 2.15. The highest BCUT2D eigenvalue weighted by atomic mass is 79.9. The summed E-state index contributed by atoms with van der Waals surface area (Å²) in [6.07, 6.45) is 1.01. The number of benzene rings is 1. The Kier molecular flexibility index (Phi) is 3.33. The zero-order valence-corrected chi connectivity index (χ0v) is 10.4. The lowest BCUT2D eigenvalue weighted by Crippen LogP contribution is -2.00. The van der Waals surface area contributed by atoms with Gasteiger partial charge in [0.25, 0.3) is 0 Å². The predicted octanol–water partition coefficient (Wildman–Crippen LogP) is 3.23. The van der Waals surface area contributed by atoms with Crippen molar-refractivity contribution in [2.45, 2.75) is 0 Å². The minimum atomic E-state index is -0.666. The maximum Gasteiger partial charge on any atom is 0.223 e. The first-order valence-corrected chi connectivity index (χ1v) is 5.57. The first-order valence-electron chi connectivity index (χ1n) is 4.77. The summed E-state index contributed by atoms with van der Waals surface area (Å²) in [7, 11) is 1.61. The summed E-state index contributed by atoms with van der Waals surface area (Å²) in [4.78, 5) is 7.61. The largest absolute Gasteiger partial charge is 0.357 e. The van der Waals surface area contributed by atoms with Gasteiger partial charge in [0.2, 0.25) is 5.95 Å². The minimum Gasteiger partial charge on any atom is -0.357 e. The van der Waals surface area contributed by atoms with Gasteiger partial charge in [-0.2, -0.15) is 0 Å². The Bertz CT molecular complexity index is 560. The highest BCUT2D eigenvalue weighted by Crippen LogP contribution is 2.27. The number of nitrogens with zero attached hydrogens (tertiary/aromatic N) is 2. The monoisotopic (exact) mass is 299 g/mol. The van der Waals surface area contributed by atoms with Crippen molar-refractivity contribution in [2.75, 3.05) is 12.4 Å². The molecule has 17 heavy (non-hydrogen) atoms. The van der Waals surface area contributed by atoms with Gasteiger partial charge in [-0.15, -0.1) is 0 Å². The van der Waals surface area contributed by atoms with Crippen LogP contribution in [-0.2, 0) is 0 Å². The molecule has 0 radical (unpaired) electrons. The number of hydrogen-bond donors (Lipinski definition) is 1. The lowest BCUT2D eigenvalue weighted by molar-refractivity contribution is 0.607. The average molecular weight is 300 g/mol. The third-order valence-corrected chi connectivity index (χ3v) is 2.64. The van der Waals surface area contributed by atoms with Crippen LogP contribution in [-0.4, -0.2) is 17.0 Å². The van der Waals surface area contributed by atoms with E-state index in [-0.39, 0.29) is 17.2 Å². The minimum absolute atomic E-state index is 0.0665. The molecule has 2 rings (SSSR count). The van der Waals surface area contributed by atoms with E-state index >= 15 is 0 Å². The van der Waals surface area contributed by atoms with Crippen LogP contribution in [0.2, 0.25) is 0 Å². The summed E-state index contributed by atoms with van der Waals surface area (Å²) in [6, 6.07) is 4.26. The van der Waals surface area contributed by atoms with Crippen molar-refractivity contribution in [1.82, 2.24) is 9.97 Å². The van der Waals surface area contributed by atoms with E-state index in [0.717, 1.165) is 6.20 Å². The molecule has 0 saturated heterocycles. The molecule has 3 nitrogen and oxygen atoms in total. The van der Waals surface area contributed by atoms with Crippen molar-refractivity contribution in [2.24, 2.45) is 0 Å². The Morgan fingerprint density at radius 2 is 2.00 bits per heavy atom. The summed E-state index contributed by atoms with van der Waals surface area (Å²) in [6.45, 7) is 0. The molecular formula is C11H8BrF2N3. The van der Waals surface area contributed by atoms with Gasteiger partial charge in [-0.05, 0) is 18.2 Å². The van der Waals surface area contributed by atoms with Gasteiger partial charge in [0.05, 0.1) is 6.20 Å². The fourth-order valence-corrected chi connectivity index (χ4v) is 1.72. The van der Waals surface area contributed by atoms with Crippen molar-refractivity contribution in [3.05, 3.63) is 40.5 Å². The molecule has 0 spiro atoms. The van der Waals surface area contributed by atoms with E-state index < -0.39 is 11.6 Å².